The zero-order chi connectivity index (χ0) is 21.5. The molecule has 0 aliphatic carbocycles. The van der Waals surface area contributed by atoms with Crippen molar-refractivity contribution in [2.45, 2.75) is 30.9 Å². The quantitative estimate of drug-likeness (QED) is 0.466. The normalized spacial score (nSPS) is 16.5. The van der Waals surface area contributed by atoms with Crippen LogP contribution in [-0.2, 0) is 5.60 Å². The van der Waals surface area contributed by atoms with Crippen LogP contribution in [0.2, 0.25) is 5.02 Å². The van der Waals surface area contributed by atoms with E-state index in [1.165, 1.54) is 11.1 Å². The number of nitrogens with one attached hydrogen (secondary N) is 1. The van der Waals surface area contributed by atoms with E-state index in [-0.39, 0.29) is 6.04 Å². The first-order valence-corrected chi connectivity index (χ1v) is 11.6. The molecule has 1 saturated heterocycles. The maximum absolute atomic E-state index is 11.1. The molecule has 0 aromatic heterocycles. The molecular weight excluding hydrogens is 404 g/mol. The highest BCUT2D eigenvalue weighted by molar-refractivity contribution is 6.30. The summed E-state index contributed by atoms with van der Waals surface area (Å²) in [5.74, 6) is 0. The Morgan fingerprint density at radius 2 is 1.39 bits per heavy atom. The molecule has 4 heteroatoms. The topological polar surface area (TPSA) is 35.5 Å². The molecule has 1 aliphatic heterocycles. The summed E-state index contributed by atoms with van der Waals surface area (Å²) in [5.41, 5.74) is 2.83. The average Bonchev–Trinajstić information content (AvgIpc) is 2.82. The molecule has 0 unspecified atom stereocenters. The Labute approximate surface area is 190 Å². The number of hydrogen-bond acceptors (Lipinski definition) is 3. The Morgan fingerprint density at radius 3 is 1.94 bits per heavy atom. The van der Waals surface area contributed by atoms with Crippen LogP contribution in [0.5, 0.6) is 0 Å². The summed E-state index contributed by atoms with van der Waals surface area (Å²) >= 11 is 5.99. The van der Waals surface area contributed by atoms with Crippen LogP contribution in [0, 0.1) is 0 Å². The van der Waals surface area contributed by atoms with Gasteiger partial charge in [0.2, 0.25) is 0 Å². The Balaban J connectivity index is 1.27. The fourth-order valence-corrected chi connectivity index (χ4v) is 4.59. The minimum Gasteiger partial charge on any atom is -0.385 e. The first-order chi connectivity index (χ1) is 15.1. The molecule has 3 aromatic carbocycles. The summed E-state index contributed by atoms with van der Waals surface area (Å²) in [7, 11) is 0. The highest BCUT2D eigenvalue weighted by Gasteiger charge is 2.33. The van der Waals surface area contributed by atoms with Crippen molar-refractivity contribution in [3.63, 3.8) is 0 Å². The maximum atomic E-state index is 11.1. The lowest BCUT2D eigenvalue weighted by atomic mass is 9.84. The van der Waals surface area contributed by atoms with E-state index in [2.05, 4.69) is 70.9 Å². The van der Waals surface area contributed by atoms with Gasteiger partial charge in [-0.2, -0.15) is 0 Å². The smallest absolute Gasteiger partial charge is 0.0920 e. The molecular formula is C27H31ClN2O. The van der Waals surface area contributed by atoms with Gasteiger partial charge in [0, 0.05) is 18.1 Å². The van der Waals surface area contributed by atoms with Crippen molar-refractivity contribution < 1.29 is 5.11 Å². The van der Waals surface area contributed by atoms with Gasteiger partial charge in [-0.25, -0.2) is 0 Å². The summed E-state index contributed by atoms with van der Waals surface area (Å²) in [5, 5.41) is 15.5. The van der Waals surface area contributed by atoms with Crippen LogP contribution < -0.4 is 5.32 Å². The van der Waals surface area contributed by atoms with Crippen LogP contribution >= 0.6 is 11.6 Å². The third kappa shape index (κ3) is 5.75. The molecule has 162 valence electrons. The molecule has 0 amide bonds. The zero-order valence-electron chi connectivity index (χ0n) is 17.9. The fraction of sp³-hybridized carbons (Fsp3) is 0.333. The number of aliphatic hydroxyl groups is 1. The lowest BCUT2D eigenvalue weighted by Crippen LogP contribution is -2.43. The van der Waals surface area contributed by atoms with E-state index in [9.17, 15) is 5.11 Å². The molecule has 0 saturated carbocycles. The van der Waals surface area contributed by atoms with Crippen LogP contribution in [0.1, 0.15) is 42.0 Å². The number of hydrogen-bond donors (Lipinski definition) is 2. The van der Waals surface area contributed by atoms with Gasteiger partial charge in [0.05, 0.1) is 11.6 Å². The minimum absolute atomic E-state index is 0.207. The molecule has 0 bridgehead atoms. The van der Waals surface area contributed by atoms with Gasteiger partial charge in [-0.15, -0.1) is 0 Å². The predicted octanol–water partition coefficient (Wildman–Crippen LogP) is 5.39. The van der Waals surface area contributed by atoms with Crippen molar-refractivity contribution in [1.82, 2.24) is 10.2 Å². The van der Waals surface area contributed by atoms with E-state index >= 15 is 0 Å². The summed E-state index contributed by atoms with van der Waals surface area (Å²) in [6, 6.07) is 29.1. The molecule has 0 radical (unpaired) electrons. The lowest BCUT2D eigenvalue weighted by Gasteiger charge is -2.38. The third-order valence-corrected chi connectivity index (χ3v) is 6.58. The number of piperidine rings is 1. The number of benzene rings is 3. The Kier molecular flexibility index (Phi) is 7.41. The Bertz CT molecular complexity index is 883. The molecule has 3 aromatic rings. The second-order valence-corrected chi connectivity index (χ2v) is 8.88. The van der Waals surface area contributed by atoms with E-state index in [4.69, 9.17) is 11.6 Å². The first kappa shape index (κ1) is 22.0. The molecule has 0 atom stereocenters. The molecule has 0 spiro atoms. The highest BCUT2D eigenvalue weighted by Crippen LogP contribution is 2.33. The van der Waals surface area contributed by atoms with Gasteiger partial charge in [0.25, 0.3) is 0 Å². The van der Waals surface area contributed by atoms with Crippen molar-refractivity contribution in [1.29, 1.82) is 0 Å². The Hall–Kier alpha value is -2.17. The van der Waals surface area contributed by atoms with Crippen molar-refractivity contribution in [3.8, 4) is 0 Å². The van der Waals surface area contributed by atoms with E-state index in [1.54, 1.807) is 0 Å². The van der Waals surface area contributed by atoms with E-state index in [0.717, 1.165) is 51.0 Å². The molecule has 4 rings (SSSR count). The fourth-order valence-electron chi connectivity index (χ4n) is 4.46. The zero-order valence-corrected chi connectivity index (χ0v) is 18.6. The lowest BCUT2D eigenvalue weighted by molar-refractivity contribution is -0.0259. The molecule has 1 heterocycles. The number of nitrogens with zero attached hydrogens (tertiary/aromatic N) is 1. The van der Waals surface area contributed by atoms with E-state index in [1.807, 2.05) is 24.3 Å². The van der Waals surface area contributed by atoms with E-state index < -0.39 is 5.60 Å². The molecule has 2 N–H and O–H groups in total. The van der Waals surface area contributed by atoms with Gasteiger partial charge < -0.3 is 15.3 Å². The van der Waals surface area contributed by atoms with Crippen LogP contribution in [0.4, 0.5) is 0 Å². The van der Waals surface area contributed by atoms with Gasteiger partial charge >= 0.3 is 0 Å². The monoisotopic (exact) mass is 434 g/mol. The minimum atomic E-state index is -0.731. The summed E-state index contributed by atoms with van der Waals surface area (Å²) in [6.07, 6.45) is 2.60. The van der Waals surface area contributed by atoms with Crippen molar-refractivity contribution in [2.24, 2.45) is 0 Å². The second kappa shape index (κ2) is 10.4. The number of rotatable bonds is 8. The Morgan fingerprint density at radius 1 is 0.839 bits per heavy atom. The number of halogens is 1. The summed E-state index contributed by atoms with van der Waals surface area (Å²) in [4.78, 5) is 2.46. The molecule has 1 fully saturated rings. The van der Waals surface area contributed by atoms with Crippen LogP contribution in [0.15, 0.2) is 84.9 Å². The van der Waals surface area contributed by atoms with Gasteiger partial charge in [0.15, 0.2) is 0 Å². The van der Waals surface area contributed by atoms with Crippen molar-refractivity contribution >= 4 is 11.6 Å². The third-order valence-electron chi connectivity index (χ3n) is 6.33. The highest BCUT2D eigenvalue weighted by atomic mass is 35.5. The summed E-state index contributed by atoms with van der Waals surface area (Å²) in [6.45, 7) is 3.83. The average molecular weight is 435 g/mol. The first-order valence-electron chi connectivity index (χ1n) is 11.2. The maximum Gasteiger partial charge on any atom is 0.0920 e. The largest absolute Gasteiger partial charge is 0.385 e. The number of likely N-dealkylation sites (tertiary alicyclic amines) is 1. The molecule has 1 aliphatic rings. The molecule has 3 nitrogen and oxygen atoms in total. The van der Waals surface area contributed by atoms with Gasteiger partial charge in [-0.05, 0) is 61.2 Å². The predicted molar refractivity (Wildman–Crippen MR) is 128 cm³/mol. The van der Waals surface area contributed by atoms with Crippen molar-refractivity contribution in [2.75, 3.05) is 26.2 Å². The summed E-state index contributed by atoms with van der Waals surface area (Å²) < 4.78 is 0. The molecule has 31 heavy (non-hydrogen) atoms. The van der Waals surface area contributed by atoms with Crippen LogP contribution in [0.25, 0.3) is 0 Å². The van der Waals surface area contributed by atoms with Crippen LogP contribution in [0.3, 0.4) is 0 Å². The SMILES string of the molecule is OC1(c2ccc(Cl)cc2)CCN(CCCNC(c2ccccc2)c2ccccc2)CC1. The van der Waals surface area contributed by atoms with Gasteiger partial charge in [-0.3, -0.25) is 0 Å². The second-order valence-electron chi connectivity index (χ2n) is 8.44. The van der Waals surface area contributed by atoms with Gasteiger partial charge in [0.1, 0.15) is 0 Å². The van der Waals surface area contributed by atoms with E-state index in [0.29, 0.717) is 5.02 Å². The standard InChI is InChI=1S/C27H31ClN2O/c28-25-14-12-24(13-15-25)27(31)16-20-30(21-17-27)19-7-18-29-26(22-8-3-1-4-9-22)23-10-5-2-6-11-23/h1-6,8-15,26,29,31H,7,16-21H2. The van der Waals surface area contributed by atoms with Gasteiger partial charge in [-0.1, -0.05) is 84.4 Å². The van der Waals surface area contributed by atoms with Crippen LogP contribution in [-0.4, -0.2) is 36.2 Å². The van der Waals surface area contributed by atoms with Crippen molar-refractivity contribution in [3.05, 3.63) is 107 Å².